The van der Waals surface area contributed by atoms with Crippen molar-refractivity contribution in [1.29, 1.82) is 0 Å². The summed E-state index contributed by atoms with van der Waals surface area (Å²) in [5.74, 6) is 0.810. The molecular formula is C37H55NO4. The van der Waals surface area contributed by atoms with Gasteiger partial charge in [0.15, 0.2) is 5.75 Å². The summed E-state index contributed by atoms with van der Waals surface area (Å²) < 4.78 is 14.3. The normalized spacial score (nSPS) is 12.0. The summed E-state index contributed by atoms with van der Waals surface area (Å²) in [5, 5.41) is 11.1. The summed E-state index contributed by atoms with van der Waals surface area (Å²) in [6.45, 7) is 16.1. The van der Waals surface area contributed by atoms with Crippen LogP contribution in [0.2, 0.25) is 0 Å². The second-order valence-corrected chi connectivity index (χ2v) is 11.9. The molecule has 2 aromatic rings. The van der Waals surface area contributed by atoms with Gasteiger partial charge in [0, 0.05) is 18.0 Å². The van der Waals surface area contributed by atoms with E-state index in [2.05, 4.69) is 72.8 Å². The van der Waals surface area contributed by atoms with Crippen molar-refractivity contribution in [2.75, 3.05) is 13.2 Å². The van der Waals surface area contributed by atoms with E-state index < -0.39 is 0 Å². The number of hydrogen-bond acceptors (Lipinski definition) is 4. The number of rotatable bonds is 19. The number of fused-ring (bicyclic) bond motifs is 1. The molecule has 0 aliphatic rings. The van der Waals surface area contributed by atoms with Gasteiger partial charge in [-0.1, -0.05) is 73.5 Å². The summed E-state index contributed by atoms with van der Waals surface area (Å²) in [6.07, 6.45) is 19.3. The second kappa shape index (κ2) is 19.1. The van der Waals surface area contributed by atoms with Crippen LogP contribution >= 0.6 is 0 Å². The van der Waals surface area contributed by atoms with Crippen LogP contribution in [0.15, 0.2) is 69.6 Å². The lowest BCUT2D eigenvalue weighted by Gasteiger charge is -2.18. The Hall–Kier alpha value is -3.21. The Bertz CT molecular complexity index is 1300. The number of aromatic hydroxyl groups is 1. The minimum atomic E-state index is -0.212. The fourth-order valence-electron chi connectivity index (χ4n) is 4.85. The summed E-state index contributed by atoms with van der Waals surface area (Å²) in [7, 11) is 0. The van der Waals surface area contributed by atoms with Gasteiger partial charge in [-0.05, 0) is 97.9 Å². The van der Waals surface area contributed by atoms with Crippen molar-refractivity contribution in [2.45, 2.75) is 119 Å². The van der Waals surface area contributed by atoms with E-state index in [1.165, 1.54) is 41.6 Å². The minimum absolute atomic E-state index is 0.128. The number of nitrogens with zero attached hydrogens (tertiary/aromatic N) is 1. The third kappa shape index (κ3) is 12.3. The first-order chi connectivity index (χ1) is 20.1. The van der Waals surface area contributed by atoms with Gasteiger partial charge in [-0.3, -0.25) is 4.79 Å². The zero-order valence-electron chi connectivity index (χ0n) is 27.4. The molecule has 5 nitrogen and oxygen atoms in total. The van der Waals surface area contributed by atoms with Crippen molar-refractivity contribution < 1.29 is 14.6 Å². The average molecular weight is 578 g/mol. The number of unbranched alkanes of at least 4 members (excludes halogenated alkanes) is 5. The predicted molar refractivity (Wildman–Crippen MR) is 179 cm³/mol. The van der Waals surface area contributed by atoms with Crippen molar-refractivity contribution in [3.8, 4) is 17.2 Å². The van der Waals surface area contributed by atoms with Crippen molar-refractivity contribution in [2.24, 2.45) is 0 Å². The number of pyridine rings is 1. The molecule has 5 heteroatoms. The standard InChI is InChI=1S/C37H55NO4/c1-8-9-10-11-12-13-24-38-34-27-32(39)20-21-33(34)35(41-25-22-30(6)18-14-16-28(2)3)36(37(38)40)42-26-23-31(7)19-15-17-29(4)5/h16-17,20-23,27,39H,8-15,18-19,24-26H2,1-7H3/b30-22+,31-23+. The van der Waals surface area contributed by atoms with Crippen LogP contribution in [0.5, 0.6) is 17.2 Å². The van der Waals surface area contributed by atoms with E-state index >= 15 is 0 Å². The third-order valence-electron chi connectivity index (χ3n) is 7.40. The van der Waals surface area contributed by atoms with E-state index in [4.69, 9.17) is 9.47 Å². The number of aromatic nitrogens is 1. The highest BCUT2D eigenvalue weighted by molar-refractivity contribution is 5.89. The fourth-order valence-corrected chi connectivity index (χ4v) is 4.85. The molecule has 1 aromatic carbocycles. The summed E-state index contributed by atoms with van der Waals surface area (Å²) in [6, 6.07) is 5.14. The van der Waals surface area contributed by atoms with Gasteiger partial charge < -0.3 is 19.1 Å². The number of benzene rings is 1. The van der Waals surface area contributed by atoms with Crippen LogP contribution in [0.25, 0.3) is 10.9 Å². The van der Waals surface area contributed by atoms with E-state index in [1.54, 1.807) is 16.7 Å². The van der Waals surface area contributed by atoms with Crippen molar-refractivity contribution >= 4 is 10.9 Å². The molecule has 0 saturated carbocycles. The number of allylic oxidation sites excluding steroid dienone is 6. The number of ether oxygens (including phenoxy) is 2. The van der Waals surface area contributed by atoms with Gasteiger partial charge >= 0.3 is 0 Å². The molecule has 0 fully saturated rings. The quantitative estimate of drug-likeness (QED) is 0.133. The predicted octanol–water partition coefficient (Wildman–Crippen LogP) is 10.2. The summed E-state index contributed by atoms with van der Waals surface area (Å²) >= 11 is 0. The van der Waals surface area contributed by atoms with Gasteiger partial charge in [-0.15, -0.1) is 0 Å². The molecule has 0 atom stereocenters. The summed E-state index contributed by atoms with van der Waals surface area (Å²) in [4.78, 5) is 13.9. The lowest BCUT2D eigenvalue weighted by atomic mass is 10.1. The molecule has 1 N–H and O–H groups in total. The maximum atomic E-state index is 13.9. The topological polar surface area (TPSA) is 60.7 Å². The molecule has 1 aromatic heterocycles. The SMILES string of the molecule is CCCCCCCCn1c(=O)c(OC/C=C(\C)CCC=C(C)C)c(OC/C=C(\C)CCC=C(C)C)c2ccc(O)cc21. The van der Waals surface area contributed by atoms with Crippen LogP contribution in [-0.4, -0.2) is 22.9 Å². The van der Waals surface area contributed by atoms with Gasteiger partial charge in [0.05, 0.1) is 5.52 Å². The van der Waals surface area contributed by atoms with Gasteiger partial charge in [0.25, 0.3) is 5.56 Å². The molecule has 0 radical (unpaired) electrons. The molecule has 232 valence electrons. The number of phenols is 1. The smallest absolute Gasteiger partial charge is 0.297 e. The van der Waals surface area contributed by atoms with E-state index in [0.29, 0.717) is 31.0 Å². The second-order valence-electron chi connectivity index (χ2n) is 11.9. The first kappa shape index (κ1) is 35.0. The molecule has 0 unspecified atom stereocenters. The summed E-state index contributed by atoms with van der Waals surface area (Å²) in [5.41, 5.74) is 5.56. The Morgan fingerprint density at radius 2 is 1.31 bits per heavy atom. The Morgan fingerprint density at radius 1 is 0.762 bits per heavy atom. The Balaban J connectivity index is 2.39. The molecule has 2 rings (SSSR count). The third-order valence-corrected chi connectivity index (χ3v) is 7.40. The number of hydrogen-bond donors (Lipinski definition) is 1. The van der Waals surface area contributed by atoms with Crippen molar-refractivity contribution in [3.05, 3.63) is 75.1 Å². The van der Waals surface area contributed by atoms with E-state index in [1.807, 2.05) is 6.07 Å². The highest BCUT2D eigenvalue weighted by Gasteiger charge is 2.20. The monoisotopic (exact) mass is 577 g/mol. The van der Waals surface area contributed by atoms with Crippen LogP contribution < -0.4 is 15.0 Å². The van der Waals surface area contributed by atoms with Crippen LogP contribution in [0.3, 0.4) is 0 Å². The average Bonchev–Trinajstić information content (AvgIpc) is 2.92. The molecule has 0 aliphatic heterocycles. The highest BCUT2D eigenvalue weighted by Crippen LogP contribution is 2.35. The molecule has 42 heavy (non-hydrogen) atoms. The zero-order valence-corrected chi connectivity index (χ0v) is 27.4. The van der Waals surface area contributed by atoms with Gasteiger partial charge in [0.2, 0.25) is 5.75 Å². The van der Waals surface area contributed by atoms with Crippen LogP contribution in [-0.2, 0) is 6.54 Å². The Morgan fingerprint density at radius 3 is 1.88 bits per heavy atom. The lowest BCUT2D eigenvalue weighted by Crippen LogP contribution is -2.24. The van der Waals surface area contributed by atoms with Crippen LogP contribution in [0.1, 0.15) is 113 Å². The van der Waals surface area contributed by atoms with Crippen molar-refractivity contribution in [1.82, 2.24) is 4.57 Å². The van der Waals surface area contributed by atoms with E-state index in [0.717, 1.165) is 50.3 Å². The minimum Gasteiger partial charge on any atom is -0.508 e. The maximum absolute atomic E-state index is 13.9. The molecule has 0 spiro atoms. The van der Waals surface area contributed by atoms with Gasteiger partial charge in [0.1, 0.15) is 19.0 Å². The molecule has 0 amide bonds. The first-order valence-electron chi connectivity index (χ1n) is 15.9. The van der Waals surface area contributed by atoms with E-state index in [-0.39, 0.29) is 17.1 Å². The number of aryl methyl sites for hydroxylation is 1. The molecule has 1 heterocycles. The highest BCUT2D eigenvalue weighted by atomic mass is 16.5. The van der Waals surface area contributed by atoms with Gasteiger partial charge in [-0.25, -0.2) is 0 Å². The van der Waals surface area contributed by atoms with E-state index in [9.17, 15) is 9.90 Å². The van der Waals surface area contributed by atoms with Crippen LogP contribution in [0, 0.1) is 0 Å². The lowest BCUT2D eigenvalue weighted by molar-refractivity contribution is 0.303. The molecule has 0 aliphatic carbocycles. The Labute approximate surface area is 254 Å². The van der Waals surface area contributed by atoms with Crippen LogP contribution in [0.4, 0.5) is 0 Å². The van der Waals surface area contributed by atoms with Gasteiger partial charge in [-0.2, -0.15) is 0 Å². The van der Waals surface area contributed by atoms with Crippen molar-refractivity contribution in [3.63, 3.8) is 0 Å². The first-order valence-corrected chi connectivity index (χ1v) is 15.9. The fraction of sp³-hybridized carbons (Fsp3) is 0.541. The Kier molecular flexibility index (Phi) is 15.9. The largest absolute Gasteiger partial charge is 0.508 e. The zero-order chi connectivity index (χ0) is 30.9. The molecule has 0 saturated heterocycles. The maximum Gasteiger partial charge on any atom is 0.297 e. The number of phenolic OH excluding ortho intramolecular Hbond substituents is 1. The molecular weight excluding hydrogens is 522 g/mol. The molecule has 0 bridgehead atoms.